The van der Waals surface area contributed by atoms with Crippen molar-refractivity contribution in [3.8, 4) is 11.4 Å². The zero-order chi connectivity index (χ0) is 18.6. The van der Waals surface area contributed by atoms with E-state index < -0.39 is 11.7 Å². The molecule has 3 aromatic rings. The van der Waals surface area contributed by atoms with E-state index in [1.54, 1.807) is 12.1 Å². The predicted molar refractivity (Wildman–Crippen MR) is 96.7 cm³/mol. The Morgan fingerprint density at radius 3 is 2.50 bits per heavy atom. The highest BCUT2D eigenvalue weighted by molar-refractivity contribution is 7.98. The van der Waals surface area contributed by atoms with Gasteiger partial charge in [0.25, 0.3) is 0 Å². The lowest BCUT2D eigenvalue weighted by molar-refractivity contribution is -0.137. The molecule has 0 aliphatic heterocycles. The molecule has 0 saturated heterocycles. The standard InChI is InChI=1S/C19H16F3N3S/c1-2-11-25-17(15-8-4-3-5-9-15)23-24-18(25)26-13-14-7-6-10-16(12-14)19(20,21)22/h2-10,12H,1,11,13H2. The third-order valence-electron chi connectivity index (χ3n) is 3.68. The molecule has 0 saturated carbocycles. The number of allylic oxidation sites excluding steroid dienone is 1. The Bertz CT molecular complexity index is 889. The molecule has 7 heteroatoms. The molecule has 0 fully saturated rings. The zero-order valence-corrected chi connectivity index (χ0v) is 14.6. The van der Waals surface area contributed by atoms with E-state index >= 15 is 0 Å². The molecule has 0 atom stereocenters. The van der Waals surface area contributed by atoms with Gasteiger partial charge in [-0.3, -0.25) is 4.57 Å². The van der Waals surface area contributed by atoms with Gasteiger partial charge >= 0.3 is 6.18 Å². The summed E-state index contributed by atoms with van der Waals surface area (Å²) in [5.41, 5.74) is 0.861. The second-order valence-corrected chi connectivity index (χ2v) is 6.50. The van der Waals surface area contributed by atoms with Gasteiger partial charge in [-0.15, -0.1) is 16.8 Å². The Morgan fingerprint density at radius 1 is 1.04 bits per heavy atom. The monoisotopic (exact) mass is 375 g/mol. The molecule has 3 rings (SSSR count). The quantitative estimate of drug-likeness (QED) is 0.424. The van der Waals surface area contributed by atoms with Crippen molar-refractivity contribution in [3.05, 3.63) is 78.4 Å². The van der Waals surface area contributed by atoms with Gasteiger partial charge in [0.05, 0.1) is 5.56 Å². The molecule has 2 aromatic carbocycles. The van der Waals surface area contributed by atoms with Crippen LogP contribution in [0.4, 0.5) is 13.2 Å². The smallest absolute Gasteiger partial charge is 0.298 e. The molecule has 0 unspecified atom stereocenters. The van der Waals surface area contributed by atoms with Gasteiger partial charge < -0.3 is 0 Å². The van der Waals surface area contributed by atoms with Crippen molar-refractivity contribution >= 4 is 11.8 Å². The van der Waals surface area contributed by atoms with Crippen LogP contribution in [-0.4, -0.2) is 14.8 Å². The summed E-state index contributed by atoms with van der Waals surface area (Å²) >= 11 is 1.35. The van der Waals surface area contributed by atoms with Crippen LogP contribution in [0.2, 0.25) is 0 Å². The van der Waals surface area contributed by atoms with E-state index in [-0.39, 0.29) is 0 Å². The van der Waals surface area contributed by atoms with Crippen molar-refractivity contribution in [3.63, 3.8) is 0 Å². The lowest BCUT2D eigenvalue weighted by Crippen LogP contribution is -2.05. The third kappa shape index (κ3) is 4.16. The molecule has 0 aliphatic carbocycles. The number of rotatable bonds is 6. The average Bonchev–Trinajstić information content (AvgIpc) is 3.03. The molecule has 0 bridgehead atoms. The summed E-state index contributed by atoms with van der Waals surface area (Å²) in [7, 11) is 0. The van der Waals surface area contributed by atoms with E-state index in [0.29, 0.717) is 28.8 Å². The summed E-state index contributed by atoms with van der Waals surface area (Å²) in [5.74, 6) is 1.07. The van der Waals surface area contributed by atoms with Crippen LogP contribution >= 0.6 is 11.8 Å². The van der Waals surface area contributed by atoms with E-state index in [1.807, 2.05) is 34.9 Å². The van der Waals surface area contributed by atoms with Crippen LogP contribution in [0.3, 0.4) is 0 Å². The van der Waals surface area contributed by atoms with Gasteiger partial charge in [-0.1, -0.05) is 66.4 Å². The fourth-order valence-electron chi connectivity index (χ4n) is 2.48. The van der Waals surface area contributed by atoms with Crippen LogP contribution in [0.5, 0.6) is 0 Å². The SMILES string of the molecule is C=CCn1c(SCc2cccc(C(F)(F)F)c2)nnc1-c1ccccc1. The molecule has 3 nitrogen and oxygen atoms in total. The van der Waals surface area contributed by atoms with E-state index in [0.717, 1.165) is 11.6 Å². The maximum atomic E-state index is 12.8. The molecule has 0 amide bonds. The predicted octanol–water partition coefficient (Wildman–Crippen LogP) is 5.44. The van der Waals surface area contributed by atoms with Crippen LogP contribution in [0.1, 0.15) is 11.1 Å². The lowest BCUT2D eigenvalue weighted by atomic mass is 10.1. The summed E-state index contributed by atoms with van der Waals surface area (Å²) in [6.45, 7) is 4.27. The summed E-state index contributed by atoms with van der Waals surface area (Å²) in [4.78, 5) is 0. The molecule has 26 heavy (non-hydrogen) atoms. The highest BCUT2D eigenvalue weighted by Gasteiger charge is 2.30. The van der Waals surface area contributed by atoms with Crippen LogP contribution in [0, 0.1) is 0 Å². The van der Waals surface area contributed by atoms with E-state index in [2.05, 4.69) is 16.8 Å². The molecule has 134 valence electrons. The van der Waals surface area contributed by atoms with Crippen molar-refractivity contribution in [2.45, 2.75) is 23.6 Å². The van der Waals surface area contributed by atoms with Gasteiger partial charge in [0.15, 0.2) is 11.0 Å². The van der Waals surface area contributed by atoms with E-state index in [4.69, 9.17) is 0 Å². The van der Waals surface area contributed by atoms with Crippen LogP contribution in [0.15, 0.2) is 72.4 Å². The van der Waals surface area contributed by atoms with Gasteiger partial charge in [0, 0.05) is 17.9 Å². The first-order valence-corrected chi connectivity index (χ1v) is 8.86. The minimum atomic E-state index is -4.34. The van der Waals surface area contributed by atoms with Gasteiger partial charge in [0.2, 0.25) is 0 Å². The Kier molecular flexibility index (Phi) is 5.46. The molecular formula is C19H16F3N3S. The first kappa shape index (κ1) is 18.3. The molecule has 1 heterocycles. The highest BCUT2D eigenvalue weighted by Crippen LogP contribution is 2.31. The molecule has 1 aromatic heterocycles. The fraction of sp³-hybridized carbons (Fsp3) is 0.158. The van der Waals surface area contributed by atoms with Crippen molar-refractivity contribution in [1.29, 1.82) is 0 Å². The summed E-state index contributed by atoms with van der Waals surface area (Å²) in [6, 6.07) is 14.9. The minimum absolute atomic E-state index is 0.369. The third-order valence-corrected chi connectivity index (χ3v) is 4.72. The van der Waals surface area contributed by atoms with Gasteiger partial charge in [-0.05, 0) is 11.6 Å². The number of halogens is 3. The minimum Gasteiger partial charge on any atom is -0.298 e. The van der Waals surface area contributed by atoms with Gasteiger partial charge in [-0.2, -0.15) is 13.2 Å². The first-order valence-electron chi connectivity index (χ1n) is 7.87. The Labute approximate surface area is 153 Å². The number of nitrogens with zero attached hydrogens (tertiary/aromatic N) is 3. The van der Waals surface area contributed by atoms with Gasteiger partial charge in [0.1, 0.15) is 0 Å². The van der Waals surface area contributed by atoms with Crippen LogP contribution in [-0.2, 0) is 18.5 Å². The Morgan fingerprint density at radius 2 is 1.81 bits per heavy atom. The van der Waals surface area contributed by atoms with E-state index in [9.17, 15) is 13.2 Å². The summed E-state index contributed by atoms with van der Waals surface area (Å²) < 4.78 is 40.4. The number of thioether (sulfide) groups is 1. The fourth-order valence-corrected chi connectivity index (χ4v) is 3.37. The zero-order valence-electron chi connectivity index (χ0n) is 13.8. The number of hydrogen-bond acceptors (Lipinski definition) is 3. The molecule has 0 N–H and O–H groups in total. The molecule has 0 aliphatic rings. The summed E-state index contributed by atoms with van der Waals surface area (Å²) in [6.07, 6.45) is -2.60. The number of aromatic nitrogens is 3. The average molecular weight is 375 g/mol. The van der Waals surface area contributed by atoms with Gasteiger partial charge in [-0.25, -0.2) is 0 Å². The second kappa shape index (κ2) is 7.78. The maximum Gasteiger partial charge on any atom is 0.416 e. The van der Waals surface area contributed by atoms with Crippen molar-refractivity contribution in [2.75, 3.05) is 0 Å². The maximum absolute atomic E-state index is 12.8. The number of hydrogen-bond donors (Lipinski definition) is 0. The van der Waals surface area contributed by atoms with Crippen molar-refractivity contribution in [1.82, 2.24) is 14.8 Å². The first-order chi connectivity index (χ1) is 12.5. The largest absolute Gasteiger partial charge is 0.416 e. The Balaban J connectivity index is 1.83. The molecule has 0 radical (unpaired) electrons. The number of benzene rings is 2. The summed E-state index contributed by atoms with van der Waals surface area (Å²) in [5, 5.41) is 9.08. The number of alkyl halides is 3. The van der Waals surface area contributed by atoms with Crippen LogP contribution < -0.4 is 0 Å². The normalized spacial score (nSPS) is 11.5. The van der Waals surface area contributed by atoms with Crippen LogP contribution in [0.25, 0.3) is 11.4 Å². The molecule has 0 spiro atoms. The topological polar surface area (TPSA) is 30.7 Å². The lowest BCUT2D eigenvalue weighted by Gasteiger charge is -2.09. The van der Waals surface area contributed by atoms with E-state index in [1.165, 1.54) is 23.9 Å². The van der Waals surface area contributed by atoms with Crippen molar-refractivity contribution in [2.24, 2.45) is 0 Å². The second-order valence-electron chi connectivity index (χ2n) is 5.56. The highest BCUT2D eigenvalue weighted by atomic mass is 32.2. The van der Waals surface area contributed by atoms with Crippen molar-refractivity contribution < 1.29 is 13.2 Å². The molecular weight excluding hydrogens is 359 g/mol. The Hall–Kier alpha value is -2.54.